The predicted molar refractivity (Wildman–Crippen MR) is 63.9 cm³/mol. The van der Waals surface area contributed by atoms with Crippen LogP contribution in [0, 0.1) is 0 Å². The molecule has 1 heterocycles. The Morgan fingerprint density at radius 3 is 2.88 bits per heavy atom. The Labute approximate surface area is 99.8 Å². The second-order valence-electron chi connectivity index (χ2n) is 3.81. The zero-order chi connectivity index (χ0) is 11.5. The molecule has 1 aliphatic heterocycles. The number of ether oxygens (including phenoxy) is 1. The summed E-state index contributed by atoms with van der Waals surface area (Å²) >= 11 is 6.07. The van der Waals surface area contributed by atoms with E-state index in [9.17, 15) is 0 Å². The Bertz CT molecular complexity index is 373. The molecule has 1 aliphatic rings. The van der Waals surface area contributed by atoms with E-state index < -0.39 is 0 Å². The number of nitrogens with two attached hydrogens (primary N) is 1. The maximum Gasteiger partial charge on any atom is 0.137 e. The molecule has 4 nitrogen and oxygen atoms in total. The molecule has 0 saturated carbocycles. The van der Waals surface area contributed by atoms with Crippen molar-refractivity contribution in [1.29, 1.82) is 0 Å². The van der Waals surface area contributed by atoms with Gasteiger partial charge in [-0.1, -0.05) is 11.6 Å². The Kier molecular flexibility index (Phi) is 3.53. The van der Waals surface area contributed by atoms with E-state index >= 15 is 0 Å². The molecule has 5 heteroatoms. The number of anilines is 1. The normalized spacial score (nSPS) is 20.2. The van der Waals surface area contributed by atoms with Crippen LogP contribution in [0.4, 0.5) is 5.69 Å². The Hall–Kier alpha value is -0.970. The van der Waals surface area contributed by atoms with E-state index in [1.165, 1.54) is 0 Å². The first-order valence-electron chi connectivity index (χ1n) is 5.18. The standard InChI is InChI=1S/C11H15ClN2O2/c1-15-11-3-2-8(6-10(11)12)14-5-4-9(7-14)16-13/h2-3,6,9H,4-5,7,13H2,1H3. The van der Waals surface area contributed by atoms with Gasteiger partial charge in [0, 0.05) is 18.8 Å². The highest BCUT2D eigenvalue weighted by Crippen LogP contribution is 2.30. The average molecular weight is 243 g/mol. The lowest BCUT2D eigenvalue weighted by molar-refractivity contribution is 0.0690. The molecule has 2 N–H and O–H groups in total. The molecule has 16 heavy (non-hydrogen) atoms. The highest BCUT2D eigenvalue weighted by Gasteiger charge is 2.23. The van der Waals surface area contributed by atoms with Crippen LogP contribution >= 0.6 is 11.6 Å². The maximum atomic E-state index is 6.07. The van der Waals surface area contributed by atoms with Crippen molar-refractivity contribution in [3.63, 3.8) is 0 Å². The highest BCUT2D eigenvalue weighted by molar-refractivity contribution is 6.32. The SMILES string of the molecule is COc1ccc(N2CCC(ON)C2)cc1Cl. The van der Waals surface area contributed by atoms with Crippen LogP contribution in [-0.2, 0) is 4.84 Å². The molecule has 0 amide bonds. The zero-order valence-electron chi connectivity index (χ0n) is 9.15. The van der Waals surface area contributed by atoms with Crippen molar-refractivity contribution < 1.29 is 9.57 Å². The lowest BCUT2D eigenvalue weighted by Crippen LogP contribution is -2.24. The van der Waals surface area contributed by atoms with Crippen molar-refractivity contribution in [3.05, 3.63) is 23.2 Å². The summed E-state index contributed by atoms with van der Waals surface area (Å²) in [5.41, 5.74) is 1.07. The Balaban J connectivity index is 2.13. The van der Waals surface area contributed by atoms with E-state index in [2.05, 4.69) is 4.90 Å². The number of hydrogen-bond donors (Lipinski definition) is 1. The summed E-state index contributed by atoms with van der Waals surface area (Å²) in [6, 6.07) is 5.76. The number of hydrogen-bond acceptors (Lipinski definition) is 4. The number of nitrogens with zero attached hydrogens (tertiary/aromatic N) is 1. The maximum absolute atomic E-state index is 6.07. The number of methoxy groups -OCH3 is 1. The van der Waals surface area contributed by atoms with Gasteiger partial charge in [-0.3, -0.25) is 4.84 Å². The molecular weight excluding hydrogens is 228 g/mol. The van der Waals surface area contributed by atoms with Gasteiger partial charge in [0.1, 0.15) is 5.75 Å². The fraction of sp³-hybridized carbons (Fsp3) is 0.455. The lowest BCUT2D eigenvalue weighted by Gasteiger charge is -2.19. The van der Waals surface area contributed by atoms with E-state index in [0.29, 0.717) is 10.8 Å². The summed E-state index contributed by atoms with van der Waals surface area (Å²) in [5.74, 6) is 5.87. The molecule has 1 saturated heterocycles. The highest BCUT2D eigenvalue weighted by atomic mass is 35.5. The summed E-state index contributed by atoms with van der Waals surface area (Å²) in [6.07, 6.45) is 1.06. The largest absolute Gasteiger partial charge is 0.495 e. The summed E-state index contributed by atoms with van der Waals surface area (Å²) in [6.45, 7) is 1.74. The molecular formula is C11H15ClN2O2. The number of benzene rings is 1. The Morgan fingerprint density at radius 2 is 2.31 bits per heavy atom. The van der Waals surface area contributed by atoms with Crippen LogP contribution in [0.1, 0.15) is 6.42 Å². The van der Waals surface area contributed by atoms with Gasteiger partial charge in [-0.2, -0.15) is 0 Å². The first kappa shape index (κ1) is 11.5. The summed E-state index contributed by atoms with van der Waals surface area (Å²) in [4.78, 5) is 7.04. The van der Waals surface area contributed by atoms with Crippen LogP contribution in [0.5, 0.6) is 5.75 Å². The second kappa shape index (κ2) is 4.91. The van der Waals surface area contributed by atoms with Crippen LogP contribution < -0.4 is 15.5 Å². The molecule has 0 spiro atoms. The van der Waals surface area contributed by atoms with Crippen molar-refractivity contribution in [1.82, 2.24) is 0 Å². The molecule has 1 unspecified atom stereocenters. The summed E-state index contributed by atoms with van der Waals surface area (Å²) in [5, 5.41) is 0.622. The van der Waals surface area contributed by atoms with Crippen LogP contribution in [-0.4, -0.2) is 26.3 Å². The van der Waals surface area contributed by atoms with E-state index in [-0.39, 0.29) is 6.10 Å². The van der Waals surface area contributed by atoms with Gasteiger partial charge in [0.15, 0.2) is 0 Å². The van der Waals surface area contributed by atoms with E-state index in [4.69, 9.17) is 27.1 Å². The molecule has 1 aromatic carbocycles. The molecule has 0 aromatic heterocycles. The molecule has 88 valence electrons. The predicted octanol–water partition coefficient (Wildman–Crippen LogP) is 1.82. The van der Waals surface area contributed by atoms with E-state index in [1.807, 2.05) is 18.2 Å². The summed E-state index contributed by atoms with van der Waals surface area (Å²) < 4.78 is 5.11. The molecule has 1 aromatic rings. The molecule has 0 radical (unpaired) electrons. The van der Waals surface area contributed by atoms with Crippen molar-refractivity contribution in [2.45, 2.75) is 12.5 Å². The topological polar surface area (TPSA) is 47.7 Å². The van der Waals surface area contributed by atoms with E-state index in [1.54, 1.807) is 7.11 Å². The molecule has 0 aliphatic carbocycles. The third-order valence-corrected chi connectivity index (χ3v) is 3.13. The minimum Gasteiger partial charge on any atom is -0.495 e. The van der Waals surface area contributed by atoms with Crippen molar-refractivity contribution >= 4 is 17.3 Å². The smallest absolute Gasteiger partial charge is 0.137 e. The zero-order valence-corrected chi connectivity index (χ0v) is 9.91. The fourth-order valence-electron chi connectivity index (χ4n) is 1.93. The van der Waals surface area contributed by atoms with Crippen molar-refractivity contribution in [2.24, 2.45) is 5.90 Å². The monoisotopic (exact) mass is 242 g/mol. The molecule has 2 rings (SSSR count). The van der Waals surface area contributed by atoms with Crippen LogP contribution in [0.25, 0.3) is 0 Å². The van der Waals surface area contributed by atoms with Gasteiger partial charge in [-0.15, -0.1) is 0 Å². The van der Waals surface area contributed by atoms with Crippen molar-refractivity contribution in [2.75, 3.05) is 25.1 Å². The average Bonchev–Trinajstić information content (AvgIpc) is 2.77. The first-order chi connectivity index (χ1) is 7.74. The van der Waals surface area contributed by atoms with Gasteiger partial charge >= 0.3 is 0 Å². The van der Waals surface area contributed by atoms with Gasteiger partial charge in [-0.05, 0) is 24.6 Å². The number of rotatable bonds is 3. The van der Waals surface area contributed by atoms with Crippen LogP contribution in [0.3, 0.4) is 0 Å². The lowest BCUT2D eigenvalue weighted by atomic mass is 10.3. The molecule has 1 atom stereocenters. The van der Waals surface area contributed by atoms with Gasteiger partial charge in [0.25, 0.3) is 0 Å². The summed E-state index contributed by atoms with van der Waals surface area (Å²) in [7, 11) is 1.61. The quantitative estimate of drug-likeness (QED) is 0.822. The molecule has 1 fully saturated rings. The second-order valence-corrected chi connectivity index (χ2v) is 4.22. The molecule has 0 bridgehead atoms. The van der Waals surface area contributed by atoms with Crippen LogP contribution in [0.15, 0.2) is 18.2 Å². The van der Waals surface area contributed by atoms with Gasteiger partial charge in [0.2, 0.25) is 0 Å². The minimum absolute atomic E-state index is 0.112. The van der Waals surface area contributed by atoms with Gasteiger partial charge < -0.3 is 9.64 Å². The van der Waals surface area contributed by atoms with Crippen molar-refractivity contribution in [3.8, 4) is 5.75 Å². The van der Waals surface area contributed by atoms with Gasteiger partial charge in [0.05, 0.1) is 18.2 Å². The first-order valence-corrected chi connectivity index (χ1v) is 5.56. The van der Waals surface area contributed by atoms with E-state index in [0.717, 1.165) is 25.2 Å². The Morgan fingerprint density at radius 1 is 1.50 bits per heavy atom. The van der Waals surface area contributed by atoms with Crippen LogP contribution in [0.2, 0.25) is 5.02 Å². The third-order valence-electron chi connectivity index (χ3n) is 2.84. The van der Waals surface area contributed by atoms with Gasteiger partial charge in [-0.25, -0.2) is 5.90 Å². The third kappa shape index (κ3) is 2.24. The minimum atomic E-state index is 0.112. The number of halogens is 1. The fourth-order valence-corrected chi connectivity index (χ4v) is 2.18.